The largest absolute Gasteiger partial charge is 0.295 e. The van der Waals surface area contributed by atoms with Crippen LogP contribution in [0, 0.1) is 5.82 Å². The van der Waals surface area contributed by atoms with Gasteiger partial charge in [-0.25, -0.2) is 17.5 Å². The Labute approximate surface area is 121 Å². The predicted molar refractivity (Wildman–Crippen MR) is 74.7 cm³/mol. The second kappa shape index (κ2) is 6.11. The highest BCUT2D eigenvalue weighted by molar-refractivity contribution is 7.89. The number of sulfonamides is 1. The number of rotatable bonds is 5. The first-order chi connectivity index (χ1) is 9.90. The van der Waals surface area contributed by atoms with Crippen LogP contribution in [-0.2, 0) is 16.6 Å². The first kappa shape index (κ1) is 15.3. The number of aromatic nitrogens is 1. The lowest BCUT2D eigenvalue weighted by molar-refractivity contribution is 0.101. The molecule has 0 radical (unpaired) electrons. The zero-order valence-electron chi connectivity index (χ0n) is 11.2. The number of nitrogens with one attached hydrogen (secondary N) is 1. The van der Waals surface area contributed by atoms with Crippen molar-refractivity contribution in [3.63, 3.8) is 0 Å². The highest BCUT2D eigenvalue weighted by Gasteiger charge is 2.20. The van der Waals surface area contributed by atoms with Gasteiger partial charge in [-0.05, 0) is 36.8 Å². The topological polar surface area (TPSA) is 76.1 Å². The maximum atomic E-state index is 13.7. The molecule has 2 rings (SSSR count). The lowest BCUT2D eigenvalue weighted by atomic mass is 10.1. The van der Waals surface area contributed by atoms with Crippen molar-refractivity contribution < 1.29 is 17.6 Å². The molecule has 110 valence electrons. The van der Waals surface area contributed by atoms with Gasteiger partial charge in [0.1, 0.15) is 10.7 Å². The summed E-state index contributed by atoms with van der Waals surface area (Å²) in [6.45, 7) is 1.27. The molecule has 0 saturated heterocycles. The maximum absolute atomic E-state index is 13.7. The van der Waals surface area contributed by atoms with Crippen molar-refractivity contribution >= 4 is 15.8 Å². The van der Waals surface area contributed by atoms with Crippen LogP contribution in [0.2, 0.25) is 0 Å². The van der Waals surface area contributed by atoms with Gasteiger partial charge in [0, 0.05) is 24.5 Å². The molecule has 0 aliphatic heterocycles. The van der Waals surface area contributed by atoms with E-state index in [-0.39, 0.29) is 17.9 Å². The van der Waals surface area contributed by atoms with Gasteiger partial charge in [0.05, 0.1) is 0 Å². The molecule has 0 aliphatic carbocycles. The number of carbonyl (C=O) groups excluding carboxylic acids is 1. The van der Waals surface area contributed by atoms with Crippen LogP contribution in [0.15, 0.2) is 47.6 Å². The van der Waals surface area contributed by atoms with E-state index < -0.39 is 20.7 Å². The van der Waals surface area contributed by atoms with Crippen LogP contribution in [0.1, 0.15) is 22.8 Å². The van der Waals surface area contributed by atoms with E-state index in [9.17, 15) is 17.6 Å². The summed E-state index contributed by atoms with van der Waals surface area (Å²) in [5, 5.41) is 0. The number of pyridine rings is 1. The average Bonchev–Trinajstić information content (AvgIpc) is 2.46. The zero-order chi connectivity index (χ0) is 15.5. The van der Waals surface area contributed by atoms with E-state index in [0.29, 0.717) is 5.56 Å². The fourth-order valence-corrected chi connectivity index (χ4v) is 2.81. The summed E-state index contributed by atoms with van der Waals surface area (Å²) < 4.78 is 40.2. The number of hydrogen-bond donors (Lipinski definition) is 1. The van der Waals surface area contributed by atoms with E-state index in [1.165, 1.54) is 19.2 Å². The maximum Gasteiger partial charge on any atom is 0.243 e. The van der Waals surface area contributed by atoms with E-state index in [1.807, 2.05) is 0 Å². The van der Waals surface area contributed by atoms with Gasteiger partial charge in [0.25, 0.3) is 0 Å². The molecule has 0 spiro atoms. The third-order valence-electron chi connectivity index (χ3n) is 2.82. The van der Waals surface area contributed by atoms with Crippen molar-refractivity contribution in [2.75, 3.05) is 0 Å². The lowest BCUT2D eigenvalue weighted by Gasteiger charge is -2.08. The van der Waals surface area contributed by atoms with E-state index in [0.717, 1.165) is 12.1 Å². The van der Waals surface area contributed by atoms with Gasteiger partial charge in [-0.1, -0.05) is 6.07 Å². The van der Waals surface area contributed by atoms with Crippen LogP contribution in [0.3, 0.4) is 0 Å². The molecule has 0 unspecified atom stereocenters. The summed E-state index contributed by atoms with van der Waals surface area (Å²) >= 11 is 0. The Kier molecular flexibility index (Phi) is 4.44. The quantitative estimate of drug-likeness (QED) is 0.856. The molecule has 1 aromatic carbocycles. The molecule has 1 N–H and O–H groups in total. The molecule has 0 fully saturated rings. The Morgan fingerprint density at radius 3 is 2.71 bits per heavy atom. The molecular formula is C14H13FN2O3S. The summed E-state index contributed by atoms with van der Waals surface area (Å²) in [6, 6.07) is 6.61. The summed E-state index contributed by atoms with van der Waals surface area (Å²) in [4.78, 5) is 14.6. The normalized spacial score (nSPS) is 11.3. The third kappa shape index (κ3) is 3.71. The molecule has 0 saturated carbocycles. The van der Waals surface area contributed by atoms with Crippen LogP contribution in [0.4, 0.5) is 4.39 Å². The molecular weight excluding hydrogens is 295 g/mol. The number of hydrogen-bond acceptors (Lipinski definition) is 4. The fourth-order valence-electron chi connectivity index (χ4n) is 1.69. The van der Waals surface area contributed by atoms with Crippen LogP contribution in [0.5, 0.6) is 0 Å². The van der Waals surface area contributed by atoms with Gasteiger partial charge in [-0.3, -0.25) is 9.78 Å². The van der Waals surface area contributed by atoms with Gasteiger partial charge in [0.15, 0.2) is 5.78 Å². The number of ketones is 1. The van der Waals surface area contributed by atoms with Crippen LogP contribution in [-0.4, -0.2) is 19.2 Å². The average molecular weight is 308 g/mol. The molecule has 5 nitrogen and oxygen atoms in total. The highest BCUT2D eigenvalue weighted by Crippen LogP contribution is 2.17. The van der Waals surface area contributed by atoms with Crippen LogP contribution in [0.25, 0.3) is 0 Å². The first-order valence-corrected chi connectivity index (χ1v) is 7.57. The Bertz CT molecular complexity index is 761. The Hall–Kier alpha value is -2.12. The molecule has 7 heteroatoms. The number of halogens is 1. The number of Topliss-reactive ketones (excluding diaryl/α,β-unsaturated/α-hetero) is 1. The van der Waals surface area contributed by atoms with E-state index >= 15 is 0 Å². The van der Waals surface area contributed by atoms with E-state index in [2.05, 4.69) is 9.71 Å². The predicted octanol–water partition coefficient (Wildman–Crippen LogP) is 1.90. The second-order valence-electron chi connectivity index (χ2n) is 4.39. The van der Waals surface area contributed by atoms with E-state index in [1.54, 1.807) is 18.3 Å². The minimum atomic E-state index is -4.05. The Balaban J connectivity index is 2.27. The van der Waals surface area contributed by atoms with Crippen molar-refractivity contribution in [1.82, 2.24) is 9.71 Å². The van der Waals surface area contributed by atoms with Gasteiger partial charge >= 0.3 is 0 Å². The molecule has 1 heterocycles. The number of nitrogens with zero attached hydrogens (tertiary/aromatic N) is 1. The van der Waals surface area contributed by atoms with Crippen molar-refractivity contribution in [3.05, 3.63) is 59.7 Å². The highest BCUT2D eigenvalue weighted by atomic mass is 32.2. The van der Waals surface area contributed by atoms with Crippen molar-refractivity contribution in [2.24, 2.45) is 0 Å². The summed E-state index contributed by atoms with van der Waals surface area (Å²) in [5.41, 5.74) is 0.780. The first-order valence-electron chi connectivity index (χ1n) is 6.09. The standard InChI is InChI=1S/C14H13FN2O3S/c1-10(18)12-4-5-13(15)14(7-12)21(19,20)17-9-11-3-2-6-16-8-11/h2-8,17H,9H2,1H3. The van der Waals surface area contributed by atoms with Crippen molar-refractivity contribution in [3.8, 4) is 0 Å². The molecule has 0 amide bonds. The van der Waals surface area contributed by atoms with E-state index in [4.69, 9.17) is 0 Å². The molecule has 21 heavy (non-hydrogen) atoms. The summed E-state index contributed by atoms with van der Waals surface area (Å²) in [5.74, 6) is -1.24. The summed E-state index contributed by atoms with van der Waals surface area (Å²) in [7, 11) is -4.05. The van der Waals surface area contributed by atoms with Crippen molar-refractivity contribution in [1.29, 1.82) is 0 Å². The molecule has 0 aliphatic rings. The summed E-state index contributed by atoms with van der Waals surface area (Å²) in [6.07, 6.45) is 3.07. The minimum Gasteiger partial charge on any atom is -0.295 e. The monoisotopic (exact) mass is 308 g/mol. The van der Waals surface area contributed by atoms with Gasteiger partial charge in [0.2, 0.25) is 10.0 Å². The van der Waals surface area contributed by atoms with Gasteiger partial charge in [-0.2, -0.15) is 0 Å². The SMILES string of the molecule is CC(=O)c1ccc(F)c(S(=O)(=O)NCc2cccnc2)c1. The van der Waals surface area contributed by atoms with Crippen molar-refractivity contribution in [2.45, 2.75) is 18.4 Å². The fraction of sp³-hybridized carbons (Fsp3) is 0.143. The lowest BCUT2D eigenvalue weighted by Crippen LogP contribution is -2.24. The molecule has 0 bridgehead atoms. The smallest absolute Gasteiger partial charge is 0.243 e. The molecule has 1 aromatic heterocycles. The van der Waals surface area contributed by atoms with Crippen LogP contribution >= 0.6 is 0 Å². The minimum absolute atomic E-state index is 0.0140. The second-order valence-corrected chi connectivity index (χ2v) is 6.12. The van der Waals surface area contributed by atoms with Crippen LogP contribution < -0.4 is 4.72 Å². The number of benzene rings is 1. The Morgan fingerprint density at radius 1 is 1.33 bits per heavy atom. The zero-order valence-corrected chi connectivity index (χ0v) is 12.0. The number of carbonyl (C=O) groups is 1. The third-order valence-corrected chi connectivity index (χ3v) is 4.23. The molecule has 2 aromatic rings. The Morgan fingerprint density at radius 2 is 2.10 bits per heavy atom. The van der Waals surface area contributed by atoms with Gasteiger partial charge < -0.3 is 0 Å². The van der Waals surface area contributed by atoms with Gasteiger partial charge in [-0.15, -0.1) is 0 Å². The molecule has 0 atom stereocenters.